The molecule has 1 aromatic rings. The number of fused-ring (bicyclic) bond motifs is 6. The number of hydrogen-bond acceptors (Lipinski definition) is 2. The largest absolute Gasteiger partial charge is 0.482 e. The number of ether oxygens (including phenoxy) is 2. The van der Waals surface area contributed by atoms with Crippen LogP contribution in [0.4, 0.5) is 0 Å². The van der Waals surface area contributed by atoms with Crippen LogP contribution in [0.1, 0.15) is 5.56 Å². The van der Waals surface area contributed by atoms with Gasteiger partial charge in [0.1, 0.15) is 18.0 Å². The van der Waals surface area contributed by atoms with E-state index in [-0.39, 0.29) is 18.3 Å². The molecule has 15 heavy (non-hydrogen) atoms. The third kappa shape index (κ3) is 0.922. The molecule has 0 aliphatic carbocycles. The zero-order valence-corrected chi connectivity index (χ0v) is 8.09. The summed E-state index contributed by atoms with van der Waals surface area (Å²) in [4.78, 5) is 0. The molecule has 3 aliphatic rings. The van der Waals surface area contributed by atoms with E-state index in [0.29, 0.717) is 0 Å². The summed E-state index contributed by atoms with van der Waals surface area (Å²) in [5.74, 6) is 0.968. The van der Waals surface area contributed by atoms with E-state index in [0.717, 1.165) is 11.3 Å². The van der Waals surface area contributed by atoms with E-state index in [4.69, 9.17) is 9.47 Å². The molecule has 3 aliphatic heterocycles. The van der Waals surface area contributed by atoms with Gasteiger partial charge in [0.05, 0.1) is 0 Å². The minimum Gasteiger partial charge on any atom is -0.482 e. The molecule has 0 saturated carbocycles. The van der Waals surface area contributed by atoms with Crippen molar-refractivity contribution in [1.82, 2.24) is 0 Å². The van der Waals surface area contributed by atoms with Gasteiger partial charge < -0.3 is 9.47 Å². The highest BCUT2D eigenvalue weighted by Crippen LogP contribution is 2.41. The number of rotatable bonds is 0. The Labute approximate surface area is 87.8 Å². The normalized spacial score (nSPS) is 34.4. The molecule has 1 saturated heterocycles. The van der Waals surface area contributed by atoms with E-state index in [2.05, 4.69) is 24.3 Å². The zero-order chi connectivity index (χ0) is 9.83. The van der Waals surface area contributed by atoms with Crippen LogP contribution in [0, 0.1) is 0 Å². The van der Waals surface area contributed by atoms with E-state index in [1.54, 1.807) is 0 Å². The highest BCUT2D eigenvalue weighted by molar-refractivity contribution is 5.66. The first kappa shape index (κ1) is 7.71. The third-order valence-electron chi connectivity index (χ3n) is 3.23. The van der Waals surface area contributed by atoms with Crippen LogP contribution in [0.2, 0.25) is 0 Å². The molecule has 0 unspecified atom stereocenters. The van der Waals surface area contributed by atoms with Crippen molar-refractivity contribution >= 4 is 6.08 Å². The van der Waals surface area contributed by atoms with Crippen molar-refractivity contribution < 1.29 is 9.47 Å². The zero-order valence-electron chi connectivity index (χ0n) is 8.09. The van der Waals surface area contributed by atoms with E-state index in [1.165, 1.54) is 5.57 Å². The van der Waals surface area contributed by atoms with Crippen molar-refractivity contribution in [2.45, 2.75) is 18.3 Å². The lowest BCUT2D eigenvalue weighted by molar-refractivity contribution is 0.0799. The minimum atomic E-state index is 0.106. The van der Waals surface area contributed by atoms with Gasteiger partial charge in [-0.15, -0.1) is 0 Å². The molecule has 1 fully saturated rings. The summed E-state index contributed by atoms with van der Waals surface area (Å²) < 4.78 is 11.7. The van der Waals surface area contributed by atoms with Crippen LogP contribution in [-0.2, 0) is 4.74 Å². The van der Waals surface area contributed by atoms with Gasteiger partial charge in [-0.25, -0.2) is 0 Å². The average Bonchev–Trinajstić information content (AvgIpc) is 2.87. The first-order chi connectivity index (χ1) is 7.42. The van der Waals surface area contributed by atoms with Crippen molar-refractivity contribution in [1.29, 1.82) is 0 Å². The molecule has 74 valence electrons. The second kappa shape index (κ2) is 2.52. The smallest absolute Gasteiger partial charge is 0.153 e. The molecule has 3 atom stereocenters. The highest BCUT2D eigenvalue weighted by Gasteiger charge is 2.44. The summed E-state index contributed by atoms with van der Waals surface area (Å²) in [6.45, 7) is 0. The van der Waals surface area contributed by atoms with E-state index < -0.39 is 0 Å². The fourth-order valence-corrected chi connectivity index (χ4v) is 2.51. The van der Waals surface area contributed by atoms with E-state index in [9.17, 15) is 0 Å². The van der Waals surface area contributed by atoms with Gasteiger partial charge in [-0.1, -0.05) is 30.4 Å². The molecule has 2 heteroatoms. The van der Waals surface area contributed by atoms with Crippen molar-refractivity contribution in [2.24, 2.45) is 0 Å². The SMILES string of the molecule is C1=C[C@H]2O[C@@H]1[C@H]1Oc3ccccc3C=C21. The van der Waals surface area contributed by atoms with Gasteiger partial charge >= 0.3 is 0 Å². The van der Waals surface area contributed by atoms with E-state index in [1.807, 2.05) is 18.2 Å². The van der Waals surface area contributed by atoms with Crippen molar-refractivity contribution in [2.75, 3.05) is 0 Å². The molecular formula is C13H10O2. The van der Waals surface area contributed by atoms with Gasteiger partial charge in [-0.05, 0) is 12.1 Å². The van der Waals surface area contributed by atoms with E-state index >= 15 is 0 Å². The van der Waals surface area contributed by atoms with Crippen LogP contribution in [0.5, 0.6) is 5.75 Å². The summed E-state index contributed by atoms with van der Waals surface area (Å²) in [6, 6.07) is 8.12. The van der Waals surface area contributed by atoms with Gasteiger partial charge in [0.15, 0.2) is 6.10 Å². The van der Waals surface area contributed by atoms with Crippen LogP contribution < -0.4 is 4.74 Å². The topological polar surface area (TPSA) is 18.5 Å². The summed E-state index contributed by atoms with van der Waals surface area (Å²) in [5, 5.41) is 0. The van der Waals surface area contributed by atoms with Gasteiger partial charge in [0, 0.05) is 11.1 Å². The maximum absolute atomic E-state index is 5.95. The standard InChI is InChI=1S/C13H10O2/c1-2-4-10-8(3-1)7-9-11-5-6-12(14-11)13(9)15-10/h1-7,11-13H/t11-,12+,13+/m1/s1. The Balaban J connectivity index is 1.89. The Morgan fingerprint density at radius 2 is 2.00 bits per heavy atom. The maximum Gasteiger partial charge on any atom is 0.153 e. The van der Waals surface area contributed by atoms with Crippen LogP contribution >= 0.6 is 0 Å². The molecule has 1 aromatic carbocycles. The quantitative estimate of drug-likeness (QED) is 0.595. The van der Waals surface area contributed by atoms with Gasteiger partial charge in [0.2, 0.25) is 0 Å². The molecule has 0 radical (unpaired) electrons. The summed E-state index contributed by atoms with van der Waals surface area (Å²) in [5.41, 5.74) is 2.43. The monoisotopic (exact) mass is 198 g/mol. The fourth-order valence-electron chi connectivity index (χ4n) is 2.51. The molecule has 0 N–H and O–H groups in total. The Morgan fingerprint density at radius 1 is 1.07 bits per heavy atom. The number of hydrogen-bond donors (Lipinski definition) is 0. The fraction of sp³-hybridized carbons (Fsp3) is 0.231. The molecule has 0 amide bonds. The average molecular weight is 198 g/mol. The van der Waals surface area contributed by atoms with Crippen molar-refractivity contribution in [3.8, 4) is 5.75 Å². The van der Waals surface area contributed by atoms with Crippen LogP contribution in [0.3, 0.4) is 0 Å². The van der Waals surface area contributed by atoms with Crippen LogP contribution in [-0.4, -0.2) is 18.3 Å². The van der Waals surface area contributed by atoms with Gasteiger partial charge in [-0.2, -0.15) is 0 Å². The molecule has 0 spiro atoms. The Morgan fingerprint density at radius 3 is 3.00 bits per heavy atom. The number of para-hydroxylation sites is 1. The van der Waals surface area contributed by atoms with Crippen molar-refractivity contribution in [3.05, 3.63) is 47.6 Å². The van der Waals surface area contributed by atoms with Gasteiger partial charge in [-0.3, -0.25) is 0 Å². The summed E-state index contributed by atoms with van der Waals surface area (Å²) in [6.07, 6.45) is 6.79. The molecule has 0 aromatic heterocycles. The van der Waals surface area contributed by atoms with Gasteiger partial charge in [0.25, 0.3) is 0 Å². The lowest BCUT2D eigenvalue weighted by Crippen LogP contribution is -2.30. The van der Waals surface area contributed by atoms with Crippen LogP contribution in [0.25, 0.3) is 6.08 Å². The first-order valence-corrected chi connectivity index (χ1v) is 5.23. The second-order valence-corrected chi connectivity index (χ2v) is 4.13. The molecule has 3 heterocycles. The first-order valence-electron chi connectivity index (χ1n) is 5.23. The maximum atomic E-state index is 5.95. The lowest BCUT2D eigenvalue weighted by atomic mass is 9.93. The predicted molar refractivity (Wildman–Crippen MR) is 56.6 cm³/mol. The highest BCUT2D eigenvalue weighted by atomic mass is 16.6. The number of benzene rings is 1. The Bertz CT molecular complexity index is 487. The molecule has 2 bridgehead atoms. The second-order valence-electron chi connectivity index (χ2n) is 4.13. The predicted octanol–water partition coefficient (Wildman–Crippen LogP) is 2.17. The Kier molecular flexibility index (Phi) is 1.30. The summed E-state index contributed by atoms with van der Waals surface area (Å²) in [7, 11) is 0. The molecular weight excluding hydrogens is 188 g/mol. The van der Waals surface area contributed by atoms with Crippen molar-refractivity contribution in [3.63, 3.8) is 0 Å². The minimum absolute atomic E-state index is 0.106. The Hall–Kier alpha value is -1.54. The summed E-state index contributed by atoms with van der Waals surface area (Å²) >= 11 is 0. The molecule has 2 nitrogen and oxygen atoms in total. The lowest BCUT2D eigenvalue weighted by Gasteiger charge is -2.25. The third-order valence-corrected chi connectivity index (χ3v) is 3.23. The molecule has 4 rings (SSSR count). The van der Waals surface area contributed by atoms with Crippen LogP contribution in [0.15, 0.2) is 42.0 Å².